The molecule has 5 rings (SSSR count). The number of rotatable bonds is 0. The first kappa shape index (κ1) is 20.2. The molecule has 1 radical (unpaired) electrons. The van der Waals surface area contributed by atoms with Crippen LogP contribution >= 0.6 is 0 Å². The fourth-order valence-electron chi connectivity index (χ4n) is 5.63. The summed E-state index contributed by atoms with van der Waals surface area (Å²) < 4.78 is 4.71. The zero-order valence-corrected chi connectivity index (χ0v) is 15.5. The molecule has 4 saturated carbocycles. The Bertz CT molecular complexity index is 385. The quantitative estimate of drug-likeness (QED) is 0.523. The van der Waals surface area contributed by atoms with Gasteiger partial charge in [-0.15, -0.1) is 0 Å². The molecule has 1 saturated heterocycles. The number of epoxide rings is 1. The Balaban J connectivity index is 0.000000220. The molecule has 23 heavy (non-hydrogen) atoms. The molecule has 0 aromatic carbocycles. The van der Waals surface area contributed by atoms with Gasteiger partial charge in [-0.3, -0.25) is 0 Å². The molecular formula is C20H35N2O. The Kier molecular flexibility index (Phi) is 6.86. The maximum atomic E-state index is 7.51. The van der Waals surface area contributed by atoms with E-state index in [4.69, 9.17) is 15.7 Å². The number of allylic oxidation sites excluding steroid dienone is 1. The average molecular weight is 320 g/mol. The van der Waals surface area contributed by atoms with Gasteiger partial charge in [0.1, 0.15) is 0 Å². The van der Waals surface area contributed by atoms with Crippen molar-refractivity contribution in [1.82, 2.24) is 0 Å². The van der Waals surface area contributed by atoms with Gasteiger partial charge in [-0.1, -0.05) is 34.3 Å². The fraction of sp³-hybridized carbons (Fsp3) is 0.800. The van der Waals surface area contributed by atoms with E-state index >= 15 is 0 Å². The van der Waals surface area contributed by atoms with Gasteiger partial charge in [-0.2, -0.15) is 5.26 Å². The second-order valence-corrected chi connectivity index (χ2v) is 8.47. The van der Waals surface area contributed by atoms with Gasteiger partial charge in [0.05, 0.1) is 18.8 Å². The number of hydrogen-bond donors (Lipinski definition) is 1. The number of nitriles is 1. The van der Waals surface area contributed by atoms with E-state index in [0.29, 0.717) is 16.9 Å². The van der Waals surface area contributed by atoms with Crippen LogP contribution in [-0.2, 0) is 4.74 Å². The Labute approximate surface area is 143 Å². The third-order valence-corrected chi connectivity index (χ3v) is 5.26. The van der Waals surface area contributed by atoms with E-state index in [2.05, 4.69) is 34.3 Å². The first-order valence-electron chi connectivity index (χ1n) is 8.83. The van der Waals surface area contributed by atoms with E-state index in [0.717, 1.165) is 12.5 Å². The highest BCUT2D eigenvalue weighted by atomic mass is 16.6. The highest BCUT2D eigenvalue weighted by molar-refractivity contribution is 5.12. The smallest absolute Gasteiger partial charge is 0.0905 e. The summed E-state index contributed by atoms with van der Waals surface area (Å²) >= 11 is 0. The third-order valence-electron chi connectivity index (χ3n) is 5.26. The normalized spacial score (nSPS) is 44.2. The second-order valence-electron chi connectivity index (χ2n) is 8.47. The van der Waals surface area contributed by atoms with Gasteiger partial charge < -0.3 is 10.5 Å². The summed E-state index contributed by atoms with van der Waals surface area (Å²) in [5.41, 5.74) is 7.92. The van der Waals surface area contributed by atoms with Crippen LogP contribution < -0.4 is 5.73 Å². The molecule has 131 valence electrons. The predicted molar refractivity (Wildman–Crippen MR) is 96.6 cm³/mol. The van der Waals surface area contributed by atoms with Crippen molar-refractivity contribution in [2.45, 2.75) is 77.9 Å². The minimum absolute atomic E-state index is 0.225. The Morgan fingerprint density at radius 2 is 1.52 bits per heavy atom. The van der Waals surface area contributed by atoms with Crippen molar-refractivity contribution >= 4 is 0 Å². The van der Waals surface area contributed by atoms with Crippen LogP contribution in [0, 0.1) is 35.0 Å². The van der Waals surface area contributed by atoms with E-state index in [1.54, 1.807) is 13.0 Å². The van der Waals surface area contributed by atoms with Crippen LogP contribution in [0.15, 0.2) is 12.7 Å². The van der Waals surface area contributed by atoms with Gasteiger partial charge in [0.25, 0.3) is 0 Å². The van der Waals surface area contributed by atoms with Gasteiger partial charge in [0.15, 0.2) is 0 Å². The standard InChI is InChI=1S/C12H21N.C3H3N.C3H6O.C2H5/c1-10-3-9-4-11(2,6-10)8-12(13,5-9)7-10;1-2-3-4;1-3-2-4-3;1-2/h9H,3-8,13H2,1-2H3;2H,1H2;3H,2H2,1H3;1H2,2H3/t9-,10+,11-,12-;;;. The Morgan fingerprint density at radius 3 is 1.74 bits per heavy atom. The Hall–Kier alpha value is -0.850. The van der Waals surface area contributed by atoms with Crippen molar-refractivity contribution in [1.29, 1.82) is 5.26 Å². The topological polar surface area (TPSA) is 62.3 Å². The minimum atomic E-state index is 0.225. The van der Waals surface area contributed by atoms with Crippen LogP contribution in [0.2, 0.25) is 0 Å². The summed E-state index contributed by atoms with van der Waals surface area (Å²) in [6.45, 7) is 16.1. The van der Waals surface area contributed by atoms with Gasteiger partial charge in [0.2, 0.25) is 0 Å². The van der Waals surface area contributed by atoms with Crippen LogP contribution in [0.25, 0.3) is 0 Å². The van der Waals surface area contributed by atoms with E-state index < -0.39 is 0 Å². The molecule has 0 spiro atoms. The SMILES string of the molecule is C=CC#N.CC1CO1.C[C@]12C[C@@H]3C[C@](C)(C1)C[C@@](N)(C3)C2.[CH2]C. The molecule has 4 bridgehead atoms. The molecule has 0 aromatic heterocycles. The van der Waals surface area contributed by atoms with Crippen LogP contribution in [0.4, 0.5) is 0 Å². The van der Waals surface area contributed by atoms with Crippen LogP contribution in [0.3, 0.4) is 0 Å². The van der Waals surface area contributed by atoms with Crippen molar-refractivity contribution in [3.05, 3.63) is 19.6 Å². The predicted octanol–water partition coefficient (Wildman–Crippen LogP) is 4.64. The van der Waals surface area contributed by atoms with Crippen LogP contribution in [-0.4, -0.2) is 18.2 Å². The maximum Gasteiger partial charge on any atom is 0.0905 e. The lowest BCUT2D eigenvalue weighted by Crippen LogP contribution is -2.62. The summed E-state index contributed by atoms with van der Waals surface area (Å²) in [6.07, 6.45) is 10.0. The summed E-state index contributed by atoms with van der Waals surface area (Å²) in [6, 6.07) is 1.69. The van der Waals surface area contributed by atoms with Gasteiger partial charge in [-0.25, -0.2) is 0 Å². The van der Waals surface area contributed by atoms with Crippen molar-refractivity contribution < 1.29 is 4.74 Å². The molecule has 1 heterocycles. The molecule has 1 aliphatic heterocycles. The maximum absolute atomic E-state index is 7.51. The van der Waals surface area contributed by atoms with E-state index in [-0.39, 0.29) is 5.54 Å². The summed E-state index contributed by atoms with van der Waals surface area (Å²) in [5, 5.41) is 7.51. The molecule has 2 N–H and O–H groups in total. The molecule has 0 amide bonds. The first-order valence-corrected chi connectivity index (χ1v) is 8.83. The lowest BCUT2D eigenvalue weighted by atomic mass is 9.43. The molecule has 1 unspecified atom stereocenters. The van der Waals surface area contributed by atoms with Crippen molar-refractivity contribution in [2.75, 3.05) is 6.61 Å². The summed E-state index contributed by atoms with van der Waals surface area (Å²) in [5.74, 6) is 0.955. The van der Waals surface area contributed by atoms with Gasteiger partial charge >= 0.3 is 0 Å². The average Bonchev–Trinajstić information content (AvgIpc) is 3.19. The molecule has 0 aromatic rings. The van der Waals surface area contributed by atoms with Gasteiger partial charge in [0, 0.05) is 11.6 Å². The molecule has 5 aliphatic rings. The molecule has 3 heteroatoms. The van der Waals surface area contributed by atoms with E-state index in [1.807, 2.05) is 0 Å². The first-order chi connectivity index (χ1) is 10.7. The molecule has 5 fully saturated rings. The highest BCUT2D eigenvalue weighted by Gasteiger charge is 2.58. The fourth-order valence-corrected chi connectivity index (χ4v) is 5.63. The van der Waals surface area contributed by atoms with E-state index in [1.165, 1.54) is 44.6 Å². The number of nitrogens with two attached hydrogens (primary N) is 1. The lowest BCUT2D eigenvalue weighted by Gasteiger charge is -2.64. The summed E-state index contributed by atoms with van der Waals surface area (Å²) in [7, 11) is 0. The van der Waals surface area contributed by atoms with E-state index in [9.17, 15) is 0 Å². The van der Waals surface area contributed by atoms with Crippen molar-refractivity contribution in [2.24, 2.45) is 22.5 Å². The molecule has 5 atom stereocenters. The van der Waals surface area contributed by atoms with Crippen LogP contribution in [0.5, 0.6) is 0 Å². The number of ether oxygens (including phenoxy) is 1. The number of nitrogens with zero attached hydrogens (tertiary/aromatic N) is 1. The second kappa shape index (κ2) is 7.81. The van der Waals surface area contributed by atoms with Crippen molar-refractivity contribution in [3.8, 4) is 6.07 Å². The van der Waals surface area contributed by atoms with Crippen molar-refractivity contribution in [3.63, 3.8) is 0 Å². The van der Waals surface area contributed by atoms with Gasteiger partial charge in [-0.05, 0) is 62.2 Å². The lowest BCUT2D eigenvalue weighted by molar-refractivity contribution is -0.104. The molecule has 4 aliphatic carbocycles. The highest BCUT2D eigenvalue weighted by Crippen LogP contribution is 2.65. The van der Waals surface area contributed by atoms with Crippen LogP contribution in [0.1, 0.15) is 66.2 Å². The zero-order valence-electron chi connectivity index (χ0n) is 15.5. The molecule has 3 nitrogen and oxygen atoms in total. The summed E-state index contributed by atoms with van der Waals surface area (Å²) in [4.78, 5) is 0. The third kappa shape index (κ3) is 5.94. The number of hydrogen-bond acceptors (Lipinski definition) is 3. The largest absolute Gasteiger partial charge is 0.373 e. The Morgan fingerprint density at radius 1 is 1.13 bits per heavy atom. The minimum Gasteiger partial charge on any atom is -0.373 e. The zero-order chi connectivity index (χ0) is 17.7. The monoisotopic (exact) mass is 319 g/mol. The molecular weight excluding hydrogens is 284 g/mol.